The first-order valence-corrected chi connectivity index (χ1v) is 3.62. The van der Waals surface area contributed by atoms with Gasteiger partial charge in [-0.25, -0.2) is 4.98 Å². The lowest BCUT2D eigenvalue weighted by atomic mass is 10.2. The van der Waals surface area contributed by atoms with Crippen molar-refractivity contribution >= 4 is 5.82 Å². The highest BCUT2D eigenvalue weighted by atomic mass is 19.4. The maximum atomic E-state index is 12.3. The molecule has 0 aliphatic carbocycles. The van der Waals surface area contributed by atoms with E-state index in [9.17, 15) is 13.2 Å². The highest BCUT2D eigenvalue weighted by Crippen LogP contribution is 2.34. The lowest BCUT2D eigenvalue weighted by Crippen LogP contribution is -2.17. The maximum Gasteiger partial charge on any atom is 0.419 e. The molecule has 0 saturated carbocycles. The van der Waals surface area contributed by atoms with E-state index in [1.54, 1.807) is 0 Å². The fourth-order valence-corrected chi connectivity index (χ4v) is 0.975. The van der Waals surface area contributed by atoms with Crippen molar-refractivity contribution in [1.82, 2.24) is 4.98 Å². The predicted octanol–water partition coefficient (Wildman–Crippen LogP) is 2.17. The van der Waals surface area contributed by atoms with Crippen LogP contribution in [0.25, 0.3) is 0 Å². The summed E-state index contributed by atoms with van der Waals surface area (Å²) in [6, 6.07) is 2.29. The molecule has 0 aromatic carbocycles. The zero-order valence-electron chi connectivity index (χ0n) is 7.26. The SMILES string of the molecule is CN(C)c1ncccc1C(F)(F)F. The Morgan fingerprint density at radius 2 is 1.92 bits per heavy atom. The second kappa shape index (κ2) is 3.24. The van der Waals surface area contributed by atoms with E-state index in [0.717, 1.165) is 6.07 Å². The average molecular weight is 190 g/mol. The van der Waals surface area contributed by atoms with Crippen molar-refractivity contribution < 1.29 is 13.2 Å². The van der Waals surface area contributed by atoms with Crippen LogP contribution in [0.15, 0.2) is 18.3 Å². The van der Waals surface area contributed by atoms with E-state index >= 15 is 0 Å². The number of anilines is 1. The summed E-state index contributed by atoms with van der Waals surface area (Å²) in [6.07, 6.45) is -3.00. The third-order valence-corrected chi connectivity index (χ3v) is 1.52. The summed E-state index contributed by atoms with van der Waals surface area (Å²) in [5.74, 6) is -0.0602. The standard InChI is InChI=1S/C8H9F3N2/c1-13(2)7-6(8(9,10)11)4-3-5-12-7/h3-5H,1-2H3. The molecule has 0 fully saturated rings. The first-order valence-electron chi connectivity index (χ1n) is 3.62. The van der Waals surface area contributed by atoms with Gasteiger partial charge in [-0.2, -0.15) is 13.2 Å². The van der Waals surface area contributed by atoms with Gasteiger partial charge in [-0.1, -0.05) is 0 Å². The van der Waals surface area contributed by atoms with Crippen LogP contribution in [0.2, 0.25) is 0 Å². The van der Waals surface area contributed by atoms with Gasteiger partial charge in [0.1, 0.15) is 5.82 Å². The Morgan fingerprint density at radius 3 is 2.31 bits per heavy atom. The third kappa shape index (κ3) is 2.11. The van der Waals surface area contributed by atoms with E-state index in [-0.39, 0.29) is 5.82 Å². The van der Waals surface area contributed by atoms with Gasteiger partial charge in [0, 0.05) is 20.3 Å². The van der Waals surface area contributed by atoms with Gasteiger partial charge in [0.05, 0.1) is 5.56 Å². The largest absolute Gasteiger partial charge is 0.419 e. The normalized spacial score (nSPS) is 11.5. The minimum atomic E-state index is -4.34. The topological polar surface area (TPSA) is 16.1 Å². The van der Waals surface area contributed by atoms with Gasteiger partial charge in [0.15, 0.2) is 0 Å². The molecule has 0 bridgehead atoms. The minimum Gasteiger partial charge on any atom is -0.362 e. The number of hydrogen-bond acceptors (Lipinski definition) is 2. The van der Waals surface area contributed by atoms with Crippen LogP contribution in [-0.2, 0) is 6.18 Å². The maximum absolute atomic E-state index is 12.3. The van der Waals surface area contributed by atoms with Crippen LogP contribution in [0, 0.1) is 0 Å². The fourth-order valence-electron chi connectivity index (χ4n) is 0.975. The molecule has 2 nitrogen and oxygen atoms in total. The molecule has 0 atom stereocenters. The molecule has 5 heteroatoms. The van der Waals surface area contributed by atoms with Gasteiger partial charge < -0.3 is 4.90 Å². The zero-order chi connectivity index (χ0) is 10.1. The molecule has 0 unspecified atom stereocenters. The van der Waals surface area contributed by atoms with Gasteiger partial charge >= 0.3 is 6.18 Å². The van der Waals surface area contributed by atoms with Crippen LogP contribution in [0.4, 0.5) is 19.0 Å². The Kier molecular flexibility index (Phi) is 2.45. The van der Waals surface area contributed by atoms with E-state index < -0.39 is 11.7 Å². The van der Waals surface area contributed by atoms with E-state index in [1.807, 2.05) is 0 Å². The summed E-state index contributed by atoms with van der Waals surface area (Å²) >= 11 is 0. The number of nitrogens with zero attached hydrogens (tertiary/aromatic N) is 2. The Hall–Kier alpha value is -1.26. The van der Waals surface area contributed by atoms with Crippen molar-refractivity contribution in [2.75, 3.05) is 19.0 Å². The van der Waals surface area contributed by atoms with Crippen molar-refractivity contribution in [2.45, 2.75) is 6.18 Å². The number of aromatic nitrogens is 1. The molecule has 1 aromatic heterocycles. The lowest BCUT2D eigenvalue weighted by molar-refractivity contribution is -0.137. The molecule has 0 saturated heterocycles. The van der Waals surface area contributed by atoms with Crippen molar-refractivity contribution in [1.29, 1.82) is 0 Å². The number of alkyl halides is 3. The Balaban J connectivity index is 3.20. The molecule has 0 aliphatic heterocycles. The monoisotopic (exact) mass is 190 g/mol. The molecule has 1 aromatic rings. The van der Waals surface area contributed by atoms with E-state index in [0.29, 0.717) is 0 Å². The van der Waals surface area contributed by atoms with Crippen LogP contribution >= 0.6 is 0 Å². The molecule has 0 N–H and O–H groups in total. The van der Waals surface area contributed by atoms with Gasteiger partial charge in [-0.3, -0.25) is 0 Å². The summed E-state index contributed by atoms with van der Waals surface area (Å²) in [4.78, 5) is 4.99. The highest BCUT2D eigenvalue weighted by molar-refractivity contribution is 5.46. The van der Waals surface area contributed by atoms with Crippen LogP contribution in [0.1, 0.15) is 5.56 Å². The third-order valence-electron chi connectivity index (χ3n) is 1.52. The highest BCUT2D eigenvalue weighted by Gasteiger charge is 2.34. The quantitative estimate of drug-likeness (QED) is 0.674. The summed E-state index contributed by atoms with van der Waals surface area (Å²) in [6.45, 7) is 0. The molecule has 1 rings (SSSR count). The fraction of sp³-hybridized carbons (Fsp3) is 0.375. The average Bonchev–Trinajstić information content (AvgIpc) is 2.03. The van der Waals surface area contributed by atoms with Crippen molar-refractivity contribution in [3.05, 3.63) is 23.9 Å². The van der Waals surface area contributed by atoms with E-state index in [1.165, 1.54) is 31.3 Å². The molecule has 72 valence electrons. The van der Waals surface area contributed by atoms with E-state index in [2.05, 4.69) is 4.98 Å². The Bertz CT molecular complexity index is 294. The zero-order valence-corrected chi connectivity index (χ0v) is 7.26. The summed E-state index contributed by atoms with van der Waals surface area (Å²) in [7, 11) is 3.05. The van der Waals surface area contributed by atoms with Gasteiger partial charge in [0.25, 0.3) is 0 Å². The van der Waals surface area contributed by atoms with Crippen molar-refractivity contribution in [2.24, 2.45) is 0 Å². The van der Waals surface area contributed by atoms with Crippen molar-refractivity contribution in [3.63, 3.8) is 0 Å². The lowest BCUT2D eigenvalue weighted by Gasteiger charge is -2.17. The molecular formula is C8H9F3N2. The second-order valence-corrected chi connectivity index (χ2v) is 2.77. The van der Waals surface area contributed by atoms with E-state index in [4.69, 9.17) is 0 Å². The molecular weight excluding hydrogens is 181 g/mol. The first-order chi connectivity index (χ1) is 5.93. The number of rotatable bonds is 1. The van der Waals surface area contributed by atoms with Crippen LogP contribution in [0.5, 0.6) is 0 Å². The Labute approximate surface area is 74.0 Å². The summed E-state index contributed by atoms with van der Waals surface area (Å²) in [5.41, 5.74) is -0.708. The van der Waals surface area contributed by atoms with Gasteiger partial charge in [-0.05, 0) is 12.1 Å². The number of pyridine rings is 1. The van der Waals surface area contributed by atoms with Gasteiger partial charge in [-0.15, -0.1) is 0 Å². The van der Waals surface area contributed by atoms with Crippen molar-refractivity contribution in [3.8, 4) is 0 Å². The Morgan fingerprint density at radius 1 is 1.31 bits per heavy atom. The number of hydrogen-bond donors (Lipinski definition) is 0. The molecule has 13 heavy (non-hydrogen) atoms. The molecule has 0 spiro atoms. The first kappa shape index (κ1) is 9.83. The van der Waals surface area contributed by atoms with Crippen LogP contribution < -0.4 is 4.90 Å². The smallest absolute Gasteiger partial charge is 0.362 e. The molecule has 1 heterocycles. The molecule has 0 amide bonds. The van der Waals surface area contributed by atoms with Crippen LogP contribution in [-0.4, -0.2) is 19.1 Å². The van der Waals surface area contributed by atoms with Crippen LogP contribution in [0.3, 0.4) is 0 Å². The summed E-state index contributed by atoms with van der Waals surface area (Å²) < 4.78 is 37.0. The molecule has 0 radical (unpaired) electrons. The predicted molar refractivity (Wildman–Crippen MR) is 43.6 cm³/mol. The molecule has 0 aliphatic rings. The second-order valence-electron chi connectivity index (χ2n) is 2.77. The summed E-state index contributed by atoms with van der Waals surface area (Å²) in [5, 5.41) is 0. The minimum absolute atomic E-state index is 0.0602. The number of halogens is 3. The van der Waals surface area contributed by atoms with Gasteiger partial charge in [0.2, 0.25) is 0 Å².